The molecule has 0 radical (unpaired) electrons. The molecular formula is C28H27FN4O7S. The third-order valence-electron chi connectivity index (χ3n) is 6.77. The van der Waals surface area contributed by atoms with Gasteiger partial charge in [0.1, 0.15) is 22.2 Å². The number of ether oxygens (including phenoxy) is 1. The standard InChI is InChI=1S/C28H27FN4O7S/c1-17-25(28(35)36)32-33(21-9-4-8-19(29)14-21)27(17)40-23-12-11-20(31-26(34)18-6-2-3-7-18)15-24(23)41(37,38)30-16-22-10-5-13-39-22/h4-5,8-15,18,30H,2-3,6-7,16H2,1H3,(H,31,34)(H,35,36). The number of carboxylic acid groups (broad SMARTS) is 1. The number of hydrogen-bond donors (Lipinski definition) is 3. The Morgan fingerprint density at radius 2 is 1.93 bits per heavy atom. The van der Waals surface area contributed by atoms with E-state index in [4.69, 9.17) is 9.15 Å². The van der Waals surface area contributed by atoms with Crippen molar-refractivity contribution >= 4 is 27.6 Å². The molecule has 4 aromatic rings. The summed E-state index contributed by atoms with van der Waals surface area (Å²) in [6.45, 7) is 1.29. The van der Waals surface area contributed by atoms with E-state index in [1.165, 1.54) is 49.6 Å². The van der Waals surface area contributed by atoms with Gasteiger partial charge < -0.3 is 19.6 Å². The number of carboxylic acids is 1. The van der Waals surface area contributed by atoms with Gasteiger partial charge in [0.2, 0.25) is 21.8 Å². The third kappa shape index (κ3) is 6.15. The number of anilines is 1. The molecular weight excluding hydrogens is 555 g/mol. The van der Waals surface area contributed by atoms with Crippen molar-refractivity contribution in [1.29, 1.82) is 0 Å². The summed E-state index contributed by atoms with van der Waals surface area (Å²) in [4.78, 5) is 24.3. The minimum atomic E-state index is -4.26. The Morgan fingerprint density at radius 3 is 2.61 bits per heavy atom. The van der Waals surface area contributed by atoms with Crippen LogP contribution >= 0.6 is 0 Å². The summed E-state index contributed by atoms with van der Waals surface area (Å²) in [5.41, 5.74) is 0.142. The molecule has 1 saturated carbocycles. The Kier molecular flexibility index (Phi) is 7.90. The molecule has 5 rings (SSSR count). The van der Waals surface area contributed by atoms with E-state index in [0.29, 0.717) is 5.76 Å². The van der Waals surface area contributed by atoms with Crippen LogP contribution in [0.25, 0.3) is 5.69 Å². The zero-order chi connectivity index (χ0) is 29.1. The summed E-state index contributed by atoms with van der Waals surface area (Å²) in [6, 6.07) is 12.6. The van der Waals surface area contributed by atoms with Crippen molar-refractivity contribution in [2.45, 2.75) is 44.0 Å². The first-order valence-corrected chi connectivity index (χ1v) is 14.3. The number of aromatic nitrogens is 2. The molecule has 3 N–H and O–H groups in total. The second-order valence-corrected chi connectivity index (χ2v) is 11.3. The number of rotatable bonds is 10. The summed E-state index contributed by atoms with van der Waals surface area (Å²) < 4.78 is 55.9. The van der Waals surface area contributed by atoms with Crippen molar-refractivity contribution in [3.63, 3.8) is 0 Å². The van der Waals surface area contributed by atoms with Crippen molar-refractivity contribution in [2.75, 3.05) is 5.32 Å². The molecule has 1 aliphatic carbocycles. The Labute approximate surface area is 235 Å². The quantitative estimate of drug-likeness (QED) is 0.236. The molecule has 41 heavy (non-hydrogen) atoms. The minimum Gasteiger partial charge on any atom is -0.476 e. The highest BCUT2D eigenvalue weighted by Gasteiger charge is 2.28. The number of halogens is 1. The number of hydrogen-bond acceptors (Lipinski definition) is 7. The van der Waals surface area contributed by atoms with Gasteiger partial charge in [-0.15, -0.1) is 0 Å². The Balaban J connectivity index is 1.56. The second-order valence-electron chi connectivity index (χ2n) is 9.61. The van der Waals surface area contributed by atoms with Gasteiger partial charge in [-0.3, -0.25) is 4.79 Å². The lowest BCUT2D eigenvalue weighted by Gasteiger charge is -2.16. The fourth-order valence-electron chi connectivity index (χ4n) is 4.66. The molecule has 214 valence electrons. The van der Waals surface area contributed by atoms with Crippen molar-refractivity contribution in [3.8, 4) is 17.3 Å². The van der Waals surface area contributed by atoms with E-state index >= 15 is 0 Å². The van der Waals surface area contributed by atoms with E-state index in [-0.39, 0.29) is 57.5 Å². The van der Waals surface area contributed by atoms with E-state index in [2.05, 4.69) is 15.1 Å². The maximum atomic E-state index is 14.0. The second kappa shape index (κ2) is 11.6. The van der Waals surface area contributed by atoms with Crippen molar-refractivity contribution in [2.24, 2.45) is 5.92 Å². The topological polar surface area (TPSA) is 153 Å². The first-order valence-electron chi connectivity index (χ1n) is 12.9. The molecule has 1 fully saturated rings. The van der Waals surface area contributed by atoms with Crippen LogP contribution in [-0.2, 0) is 21.4 Å². The van der Waals surface area contributed by atoms with Crippen molar-refractivity contribution < 1.29 is 36.7 Å². The lowest BCUT2D eigenvalue weighted by atomic mass is 10.1. The number of benzene rings is 2. The van der Waals surface area contributed by atoms with Crippen LogP contribution in [0.5, 0.6) is 11.6 Å². The van der Waals surface area contributed by atoms with Gasteiger partial charge in [0.05, 0.1) is 18.5 Å². The smallest absolute Gasteiger partial charge is 0.356 e. The van der Waals surface area contributed by atoms with Gasteiger partial charge in [0.25, 0.3) is 0 Å². The molecule has 2 aromatic carbocycles. The lowest BCUT2D eigenvalue weighted by Crippen LogP contribution is -2.24. The Bertz CT molecular complexity index is 1690. The molecule has 13 heteroatoms. The molecule has 0 saturated heterocycles. The summed E-state index contributed by atoms with van der Waals surface area (Å²) in [7, 11) is -4.26. The normalized spacial score (nSPS) is 13.8. The van der Waals surface area contributed by atoms with E-state index < -0.39 is 21.8 Å². The molecule has 1 amide bonds. The first kappa shape index (κ1) is 28.1. The minimum absolute atomic E-state index is 0.0901. The van der Waals surface area contributed by atoms with Crippen LogP contribution in [0.3, 0.4) is 0 Å². The number of nitrogens with zero attached hydrogens (tertiary/aromatic N) is 2. The molecule has 1 aliphatic rings. The molecule has 2 heterocycles. The van der Waals surface area contributed by atoms with E-state index in [9.17, 15) is 27.5 Å². The van der Waals surface area contributed by atoms with Crippen LogP contribution in [0, 0.1) is 18.7 Å². The van der Waals surface area contributed by atoms with Crippen LogP contribution in [-0.4, -0.2) is 35.2 Å². The van der Waals surface area contributed by atoms with E-state index in [1.807, 2.05) is 0 Å². The average molecular weight is 583 g/mol. The SMILES string of the molecule is Cc1c(C(=O)O)nn(-c2cccc(F)c2)c1Oc1ccc(NC(=O)C2CCCC2)cc1S(=O)(=O)NCc1ccco1. The van der Waals surface area contributed by atoms with Crippen molar-refractivity contribution in [3.05, 3.63) is 83.7 Å². The molecule has 2 aromatic heterocycles. The predicted octanol–water partition coefficient (Wildman–Crippen LogP) is 5.01. The molecule has 0 atom stereocenters. The Hall–Kier alpha value is -4.49. The van der Waals surface area contributed by atoms with E-state index in [0.717, 1.165) is 36.4 Å². The van der Waals surface area contributed by atoms with Gasteiger partial charge in [-0.25, -0.2) is 22.3 Å². The van der Waals surface area contributed by atoms with Gasteiger partial charge in [-0.1, -0.05) is 18.9 Å². The molecule has 0 unspecified atom stereocenters. The molecule has 0 spiro atoms. The van der Waals surface area contributed by atoms with Crippen LogP contribution in [0.1, 0.15) is 47.5 Å². The fraction of sp³-hybridized carbons (Fsp3) is 0.250. The maximum absolute atomic E-state index is 14.0. The number of aromatic carboxylic acids is 1. The molecule has 0 aliphatic heterocycles. The highest BCUT2D eigenvalue weighted by atomic mass is 32.2. The number of sulfonamides is 1. The summed E-state index contributed by atoms with van der Waals surface area (Å²) in [5, 5.41) is 16.5. The third-order valence-corrected chi connectivity index (χ3v) is 8.20. The lowest BCUT2D eigenvalue weighted by molar-refractivity contribution is -0.119. The van der Waals surface area contributed by atoms with Crippen LogP contribution in [0.4, 0.5) is 10.1 Å². The molecule has 11 nitrogen and oxygen atoms in total. The maximum Gasteiger partial charge on any atom is 0.356 e. The highest BCUT2D eigenvalue weighted by Crippen LogP contribution is 2.36. The summed E-state index contributed by atoms with van der Waals surface area (Å²) in [6.07, 6.45) is 4.85. The Morgan fingerprint density at radius 1 is 1.15 bits per heavy atom. The van der Waals surface area contributed by atoms with Gasteiger partial charge >= 0.3 is 5.97 Å². The zero-order valence-corrected chi connectivity index (χ0v) is 22.8. The summed E-state index contributed by atoms with van der Waals surface area (Å²) in [5.74, 6) is -2.22. The number of furan rings is 1. The van der Waals surface area contributed by atoms with Crippen LogP contribution < -0.4 is 14.8 Å². The fourth-order valence-corrected chi connectivity index (χ4v) is 5.80. The van der Waals surface area contributed by atoms with Crippen molar-refractivity contribution in [1.82, 2.24) is 14.5 Å². The van der Waals surface area contributed by atoms with Crippen LogP contribution in [0.2, 0.25) is 0 Å². The number of carbonyl (C=O) groups is 2. The average Bonchev–Trinajstić information content (AvgIpc) is 3.71. The van der Waals surface area contributed by atoms with Gasteiger partial charge in [-0.2, -0.15) is 9.78 Å². The predicted molar refractivity (Wildman–Crippen MR) is 145 cm³/mol. The first-order chi connectivity index (χ1) is 19.6. The summed E-state index contributed by atoms with van der Waals surface area (Å²) >= 11 is 0. The highest BCUT2D eigenvalue weighted by molar-refractivity contribution is 7.89. The van der Waals surface area contributed by atoms with Gasteiger partial charge in [0.15, 0.2) is 5.69 Å². The zero-order valence-electron chi connectivity index (χ0n) is 22.0. The number of amides is 1. The molecule has 0 bridgehead atoms. The number of carbonyl (C=O) groups excluding carboxylic acids is 1. The van der Waals surface area contributed by atoms with Crippen LogP contribution in [0.15, 0.2) is 70.2 Å². The number of nitrogens with one attached hydrogen (secondary N) is 2. The van der Waals surface area contributed by atoms with E-state index in [1.54, 1.807) is 12.1 Å². The monoisotopic (exact) mass is 582 g/mol. The van der Waals surface area contributed by atoms with Gasteiger partial charge in [0, 0.05) is 17.2 Å². The largest absolute Gasteiger partial charge is 0.476 e. The van der Waals surface area contributed by atoms with Gasteiger partial charge in [-0.05, 0) is 68.3 Å².